The lowest BCUT2D eigenvalue weighted by atomic mass is 9.86. The number of nitrogens with one attached hydrogen (secondary N) is 2. The average molecular weight is 350 g/mol. The molecule has 1 aromatic rings. The van der Waals surface area contributed by atoms with E-state index in [2.05, 4.69) is 36.5 Å². The molecule has 0 saturated carbocycles. The van der Waals surface area contributed by atoms with Crippen molar-refractivity contribution in [3.05, 3.63) is 17.0 Å². The first-order valence-corrected chi connectivity index (χ1v) is 8.68. The standard InChI is InChI=1S/C18H30N4O3/c1-17(2,3)13-11-10-25-9-8-12(11)22(21-13)16(24)20-14(15(23)19-7)18(4,5)6/h14H,8-10H2,1-7H3,(H,19,23)(H,20,24)/t14-/m1/s1. The molecule has 2 rings (SSSR count). The van der Waals surface area contributed by atoms with Crippen LogP contribution in [-0.2, 0) is 28.0 Å². The number of aromatic nitrogens is 2. The zero-order chi connectivity index (χ0) is 19.0. The lowest BCUT2D eigenvalue weighted by Crippen LogP contribution is -2.54. The van der Waals surface area contributed by atoms with Gasteiger partial charge >= 0.3 is 6.03 Å². The van der Waals surface area contributed by atoms with E-state index in [1.807, 2.05) is 20.8 Å². The van der Waals surface area contributed by atoms with Crippen LogP contribution in [0.2, 0.25) is 0 Å². The third-order valence-electron chi connectivity index (χ3n) is 4.36. The third kappa shape index (κ3) is 4.03. The maximum Gasteiger partial charge on any atom is 0.342 e. The maximum absolute atomic E-state index is 12.9. The zero-order valence-electron chi connectivity index (χ0n) is 16.3. The SMILES string of the molecule is CNC(=O)[C@@H](NC(=O)n1nc(C(C)(C)C)c2c1CCOC2)C(C)(C)C. The molecule has 0 bridgehead atoms. The molecule has 0 fully saturated rings. The topological polar surface area (TPSA) is 85.3 Å². The molecule has 1 atom stereocenters. The normalized spacial score (nSPS) is 16.1. The average Bonchev–Trinajstić information content (AvgIpc) is 2.90. The second-order valence-corrected chi connectivity index (χ2v) is 8.60. The maximum atomic E-state index is 12.9. The Kier molecular flexibility index (Phi) is 5.27. The first-order chi connectivity index (χ1) is 11.5. The van der Waals surface area contributed by atoms with Gasteiger partial charge in [-0.2, -0.15) is 9.78 Å². The number of ether oxygens (including phenoxy) is 1. The van der Waals surface area contributed by atoms with Crippen molar-refractivity contribution < 1.29 is 14.3 Å². The summed E-state index contributed by atoms with van der Waals surface area (Å²) in [5, 5.41) is 10.0. The molecule has 0 aromatic carbocycles. The molecule has 0 unspecified atom stereocenters. The second kappa shape index (κ2) is 6.78. The van der Waals surface area contributed by atoms with Crippen LogP contribution >= 0.6 is 0 Å². The van der Waals surface area contributed by atoms with Crippen LogP contribution in [0.3, 0.4) is 0 Å². The van der Waals surface area contributed by atoms with Gasteiger partial charge in [0.1, 0.15) is 6.04 Å². The Labute approximate surface area is 149 Å². The molecule has 2 amide bonds. The van der Waals surface area contributed by atoms with E-state index in [1.54, 1.807) is 7.05 Å². The summed E-state index contributed by atoms with van der Waals surface area (Å²) in [4.78, 5) is 25.1. The summed E-state index contributed by atoms with van der Waals surface area (Å²) in [5.74, 6) is -0.221. The van der Waals surface area contributed by atoms with Crippen LogP contribution in [0.5, 0.6) is 0 Å². The van der Waals surface area contributed by atoms with Crippen LogP contribution in [0.15, 0.2) is 0 Å². The van der Waals surface area contributed by atoms with Crippen molar-refractivity contribution in [2.24, 2.45) is 5.41 Å². The minimum absolute atomic E-state index is 0.194. The molecule has 0 radical (unpaired) electrons. The summed E-state index contributed by atoms with van der Waals surface area (Å²) in [6.45, 7) is 13.0. The van der Waals surface area contributed by atoms with Crippen molar-refractivity contribution >= 4 is 11.9 Å². The second-order valence-electron chi connectivity index (χ2n) is 8.60. The number of hydrogen-bond acceptors (Lipinski definition) is 4. The zero-order valence-corrected chi connectivity index (χ0v) is 16.3. The van der Waals surface area contributed by atoms with Crippen LogP contribution in [0, 0.1) is 5.41 Å². The minimum atomic E-state index is -0.650. The molecule has 1 aromatic heterocycles. The monoisotopic (exact) mass is 350 g/mol. The van der Waals surface area contributed by atoms with E-state index in [0.29, 0.717) is 19.6 Å². The summed E-state index contributed by atoms with van der Waals surface area (Å²) >= 11 is 0. The summed E-state index contributed by atoms with van der Waals surface area (Å²) in [7, 11) is 1.57. The van der Waals surface area contributed by atoms with Gasteiger partial charge in [-0.05, 0) is 5.41 Å². The molecular formula is C18H30N4O3. The quantitative estimate of drug-likeness (QED) is 0.854. The molecule has 0 aliphatic carbocycles. The molecule has 25 heavy (non-hydrogen) atoms. The van der Waals surface area contributed by atoms with E-state index < -0.39 is 11.5 Å². The van der Waals surface area contributed by atoms with E-state index in [4.69, 9.17) is 4.74 Å². The van der Waals surface area contributed by atoms with Crippen LogP contribution < -0.4 is 10.6 Å². The lowest BCUT2D eigenvalue weighted by molar-refractivity contribution is -0.124. The van der Waals surface area contributed by atoms with Gasteiger partial charge in [0.2, 0.25) is 5.91 Å². The lowest BCUT2D eigenvalue weighted by Gasteiger charge is -2.29. The Hall–Kier alpha value is -1.89. The molecule has 0 spiro atoms. The Balaban J connectivity index is 2.39. The highest BCUT2D eigenvalue weighted by molar-refractivity contribution is 5.88. The molecule has 2 N–H and O–H groups in total. The van der Waals surface area contributed by atoms with Gasteiger partial charge in [0.15, 0.2) is 0 Å². The van der Waals surface area contributed by atoms with E-state index in [-0.39, 0.29) is 17.4 Å². The molecule has 0 saturated heterocycles. The Morgan fingerprint density at radius 2 is 1.84 bits per heavy atom. The van der Waals surface area contributed by atoms with Crippen LogP contribution in [0.1, 0.15) is 58.5 Å². The molecular weight excluding hydrogens is 320 g/mol. The number of amides is 2. The van der Waals surface area contributed by atoms with Gasteiger partial charge in [-0.3, -0.25) is 4.79 Å². The first kappa shape index (κ1) is 19.4. The predicted molar refractivity (Wildman–Crippen MR) is 95.5 cm³/mol. The van der Waals surface area contributed by atoms with Crippen LogP contribution in [0.4, 0.5) is 4.79 Å². The number of carbonyl (C=O) groups excluding carboxylic acids is 2. The van der Waals surface area contributed by atoms with Gasteiger partial charge in [0.25, 0.3) is 0 Å². The molecule has 140 valence electrons. The van der Waals surface area contributed by atoms with Gasteiger partial charge in [0, 0.05) is 24.4 Å². The summed E-state index contributed by atoms with van der Waals surface area (Å²) in [6, 6.07) is -1.03. The highest BCUT2D eigenvalue weighted by Gasteiger charge is 2.35. The molecule has 2 heterocycles. The van der Waals surface area contributed by atoms with Gasteiger partial charge in [0.05, 0.1) is 24.6 Å². The van der Waals surface area contributed by atoms with E-state index >= 15 is 0 Å². The smallest absolute Gasteiger partial charge is 0.342 e. The van der Waals surface area contributed by atoms with Crippen molar-refractivity contribution in [2.45, 2.75) is 66.0 Å². The van der Waals surface area contributed by atoms with Crippen molar-refractivity contribution in [2.75, 3.05) is 13.7 Å². The largest absolute Gasteiger partial charge is 0.376 e. The molecule has 7 nitrogen and oxygen atoms in total. The fourth-order valence-corrected chi connectivity index (χ4v) is 3.01. The van der Waals surface area contributed by atoms with Gasteiger partial charge in [-0.15, -0.1) is 0 Å². The third-order valence-corrected chi connectivity index (χ3v) is 4.36. The minimum Gasteiger partial charge on any atom is -0.376 e. The van der Waals surface area contributed by atoms with Crippen molar-refractivity contribution in [3.63, 3.8) is 0 Å². The summed E-state index contributed by atoms with van der Waals surface area (Å²) in [5.41, 5.74) is 2.11. The summed E-state index contributed by atoms with van der Waals surface area (Å²) in [6.07, 6.45) is 0.631. The summed E-state index contributed by atoms with van der Waals surface area (Å²) < 4.78 is 6.98. The number of nitrogens with zero attached hydrogens (tertiary/aromatic N) is 2. The molecule has 7 heteroatoms. The Morgan fingerprint density at radius 3 is 2.36 bits per heavy atom. The fraction of sp³-hybridized carbons (Fsp3) is 0.722. The van der Waals surface area contributed by atoms with Crippen molar-refractivity contribution in [1.82, 2.24) is 20.4 Å². The van der Waals surface area contributed by atoms with Crippen molar-refractivity contribution in [3.8, 4) is 0 Å². The van der Waals surface area contributed by atoms with Crippen molar-refractivity contribution in [1.29, 1.82) is 0 Å². The highest BCUT2D eigenvalue weighted by Crippen LogP contribution is 2.30. The van der Waals surface area contributed by atoms with Crippen LogP contribution in [0.25, 0.3) is 0 Å². The van der Waals surface area contributed by atoms with Gasteiger partial charge in [-0.25, -0.2) is 4.79 Å². The Bertz CT molecular complexity index is 665. The fourth-order valence-electron chi connectivity index (χ4n) is 3.01. The first-order valence-electron chi connectivity index (χ1n) is 8.68. The number of fused-ring (bicyclic) bond motifs is 1. The van der Waals surface area contributed by atoms with E-state index in [1.165, 1.54) is 4.68 Å². The molecule has 1 aliphatic rings. The number of rotatable bonds is 2. The number of likely N-dealkylation sites (N-methyl/N-ethyl adjacent to an activating group) is 1. The van der Waals surface area contributed by atoms with Gasteiger partial charge < -0.3 is 15.4 Å². The predicted octanol–water partition coefficient (Wildman–Crippen LogP) is 1.97. The Morgan fingerprint density at radius 1 is 1.20 bits per heavy atom. The number of carbonyl (C=O) groups is 2. The van der Waals surface area contributed by atoms with Gasteiger partial charge in [-0.1, -0.05) is 41.5 Å². The molecule has 1 aliphatic heterocycles. The van der Waals surface area contributed by atoms with E-state index in [0.717, 1.165) is 17.0 Å². The van der Waals surface area contributed by atoms with E-state index in [9.17, 15) is 9.59 Å². The van der Waals surface area contributed by atoms with Crippen LogP contribution in [-0.4, -0.2) is 41.4 Å². The number of hydrogen-bond donors (Lipinski definition) is 2. The highest BCUT2D eigenvalue weighted by atomic mass is 16.5.